The maximum absolute atomic E-state index is 12.1. The smallest absolute Gasteiger partial charge is 0.208 e. The standard InChI is InChI=1S/C11H9NO2S2/c13-16(14,9-4-2-1-3-5-9)10-6-7-11(15)12-8-10/h1-8H,(H,12,15). The van der Waals surface area contributed by atoms with E-state index in [1.54, 1.807) is 36.4 Å². The highest BCUT2D eigenvalue weighted by Gasteiger charge is 2.16. The van der Waals surface area contributed by atoms with Gasteiger partial charge in [-0.15, -0.1) is 0 Å². The lowest BCUT2D eigenvalue weighted by atomic mass is 10.4. The number of hydrogen-bond acceptors (Lipinski definition) is 3. The van der Waals surface area contributed by atoms with Crippen molar-refractivity contribution in [3.05, 3.63) is 53.3 Å². The molecule has 1 aromatic carbocycles. The Kier molecular flexibility index (Phi) is 2.89. The van der Waals surface area contributed by atoms with E-state index in [-0.39, 0.29) is 9.79 Å². The number of pyridine rings is 1. The number of aromatic nitrogens is 1. The lowest BCUT2D eigenvalue weighted by Crippen LogP contribution is -2.01. The van der Waals surface area contributed by atoms with Gasteiger partial charge in [0.05, 0.1) is 9.79 Å². The molecule has 0 atom stereocenters. The largest absolute Gasteiger partial charge is 0.352 e. The molecule has 82 valence electrons. The summed E-state index contributed by atoms with van der Waals surface area (Å²) in [6, 6.07) is 11.4. The van der Waals surface area contributed by atoms with Crippen molar-refractivity contribution >= 4 is 22.1 Å². The molecule has 1 heterocycles. The second-order valence-corrected chi connectivity index (χ2v) is 5.59. The number of benzene rings is 1. The van der Waals surface area contributed by atoms with Crippen molar-refractivity contribution in [1.29, 1.82) is 0 Å². The summed E-state index contributed by atoms with van der Waals surface area (Å²) in [6.45, 7) is 0. The van der Waals surface area contributed by atoms with Gasteiger partial charge in [-0.3, -0.25) is 0 Å². The first-order valence-corrected chi connectivity index (χ1v) is 6.49. The average Bonchev–Trinajstić information content (AvgIpc) is 2.31. The van der Waals surface area contributed by atoms with E-state index in [9.17, 15) is 8.42 Å². The van der Waals surface area contributed by atoms with Crippen LogP contribution in [0.15, 0.2) is 58.5 Å². The van der Waals surface area contributed by atoms with Gasteiger partial charge < -0.3 is 4.98 Å². The van der Waals surface area contributed by atoms with Crippen molar-refractivity contribution in [3.8, 4) is 0 Å². The molecule has 2 aromatic rings. The van der Waals surface area contributed by atoms with E-state index in [0.29, 0.717) is 4.64 Å². The number of H-pyrrole nitrogens is 1. The van der Waals surface area contributed by atoms with E-state index in [2.05, 4.69) is 4.98 Å². The minimum atomic E-state index is -3.43. The van der Waals surface area contributed by atoms with Crippen LogP contribution in [0, 0.1) is 4.64 Å². The summed E-state index contributed by atoms with van der Waals surface area (Å²) in [5.74, 6) is 0. The summed E-state index contributed by atoms with van der Waals surface area (Å²) >= 11 is 4.86. The Hall–Kier alpha value is -1.46. The number of hydrogen-bond donors (Lipinski definition) is 1. The minimum Gasteiger partial charge on any atom is -0.352 e. The van der Waals surface area contributed by atoms with Crippen LogP contribution in [0.3, 0.4) is 0 Å². The van der Waals surface area contributed by atoms with Crippen LogP contribution in [0.4, 0.5) is 0 Å². The monoisotopic (exact) mass is 251 g/mol. The first kappa shape index (κ1) is 11.0. The molecule has 0 amide bonds. The molecule has 16 heavy (non-hydrogen) atoms. The fourth-order valence-electron chi connectivity index (χ4n) is 1.30. The number of sulfone groups is 1. The maximum atomic E-state index is 12.1. The van der Waals surface area contributed by atoms with Gasteiger partial charge in [0.2, 0.25) is 9.84 Å². The second-order valence-electron chi connectivity index (χ2n) is 3.21. The van der Waals surface area contributed by atoms with Crippen LogP contribution in [0.5, 0.6) is 0 Å². The SMILES string of the molecule is O=S(=O)(c1ccccc1)c1ccc(=S)[nH]c1. The molecule has 0 aliphatic carbocycles. The van der Waals surface area contributed by atoms with Gasteiger partial charge >= 0.3 is 0 Å². The van der Waals surface area contributed by atoms with Crippen LogP contribution < -0.4 is 0 Å². The van der Waals surface area contributed by atoms with Crippen molar-refractivity contribution in [3.63, 3.8) is 0 Å². The zero-order valence-corrected chi connectivity index (χ0v) is 9.88. The highest BCUT2D eigenvalue weighted by atomic mass is 32.2. The van der Waals surface area contributed by atoms with Gasteiger partial charge in [-0.05, 0) is 24.3 Å². The molecule has 0 fully saturated rings. The van der Waals surface area contributed by atoms with Crippen LogP contribution in [-0.4, -0.2) is 13.4 Å². The first-order chi connectivity index (χ1) is 7.60. The molecule has 3 nitrogen and oxygen atoms in total. The molecule has 5 heteroatoms. The molecule has 0 aliphatic rings. The Balaban J connectivity index is 2.56. The third-order valence-electron chi connectivity index (χ3n) is 2.12. The van der Waals surface area contributed by atoms with Crippen molar-refractivity contribution in [1.82, 2.24) is 4.98 Å². The number of aromatic amines is 1. The maximum Gasteiger partial charge on any atom is 0.208 e. The molecule has 2 rings (SSSR count). The molecule has 0 bridgehead atoms. The van der Waals surface area contributed by atoms with Crippen LogP contribution in [0.2, 0.25) is 0 Å². The molecular formula is C11H9NO2S2. The molecule has 0 aliphatic heterocycles. The van der Waals surface area contributed by atoms with Crippen LogP contribution >= 0.6 is 12.2 Å². The summed E-state index contributed by atoms with van der Waals surface area (Å²) in [6.07, 6.45) is 1.41. The summed E-state index contributed by atoms with van der Waals surface area (Å²) in [7, 11) is -3.43. The van der Waals surface area contributed by atoms with Crippen molar-refractivity contribution < 1.29 is 8.42 Å². The fourth-order valence-corrected chi connectivity index (χ4v) is 2.68. The Morgan fingerprint density at radius 1 is 0.938 bits per heavy atom. The summed E-state index contributed by atoms with van der Waals surface area (Å²) in [4.78, 5) is 3.20. The molecule has 0 radical (unpaired) electrons. The molecule has 1 N–H and O–H groups in total. The summed E-state index contributed by atoms with van der Waals surface area (Å²) < 4.78 is 24.7. The normalized spacial score (nSPS) is 11.2. The van der Waals surface area contributed by atoms with E-state index in [4.69, 9.17) is 12.2 Å². The number of nitrogens with one attached hydrogen (secondary N) is 1. The van der Waals surface area contributed by atoms with Crippen molar-refractivity contribution in [2.45, 2.75) is 9.79 Å². The van der Waals surface area contributed by atoms with Crippen molar-refractivity contribution in [2.75, 3.05) is 0 Å². The summed E-state index contributed by atoms with van der Waals surface area (Å²) in [5.41, 5.74) is 0. The number of rotatable bonds is 2. The third-order valence-corrected chi connectivity index (χ3v) is 4.14. The van der Waals surface area contributed by atoms with E-state index >= 15 is 0 Å². The Morgan fingerprint density at radius 2 is 1.62 bits per heavy atom. The zero-order chi connectivity index (χ0) is 11.6. The quantitative estimate of drug-likeness (QED) is 0.835. The van der Waals surface area contributed by atoms with Gasteiger partial charge in [-0.25, -0.2) is 8.42 Å². The van der Waals surface area contributed by atoms with Crippen LogP contribution in [0.1, 0.15) is 0 Å². The van der Waals surface area contributed by atoms with Crippen LogP contribution in [-0.2, 0) is 9.84 Å². The van der Waals surface area contributed by atoms with Gasteiger partial charge in [0.15, 0.2) is 0 Å². The van der Waals surface area contributed by atoms with Gasteiger partial charge in [-0.2, -0.15) is 0 Å². The van der Waals surface area contributed by atoms with Gasteiger partial charge in [0.25, 0.3) is 0 Å². The third kappa shape index (κ3) is 2.05. The van der Waals surface area contributed by atoms with Gasteiger partial charge in [-0.1, -0.05) is 30.4 Å². The topological polar surface area (TPSA) is 49.9 Å². The first-order valence-electron chi connectivity index (χ1n) is 4.59. The molecule has 1 aromatic heterocycles. The highest BCUT2D eigenvalue weighted by molar-refractivity contribution is 7.91. The fraction of sp³-hybridized carbons (Fsp3) is 0. The highest BCUT2D eigenvalue weighted by Crippen LogP contribution is 2.18. The second kappa shape index (κ2) is 4.19. The lowest BCUT2D eigenvalue weighted by Gasteiger charge is -2.03. The van der Waals surface area contributed by atoms with Gasteiger partial charge in [0.1, 0.15) is 4.64 Å². The van der Waals surface area contributed by atoms with Crippen molar-refractivity contribution in [2.24, 2.45) is 0 Å². The lowest BCUT2D eigenvalue weighted by molar-refractivity contribution is 0.595. The molecular weight excluding hydrogens is 242 g/mol. The van der Waals surface area contributed by atoms with Gasteiger partial charge in [0, 0.05) is 6.20 Å². The van der Waals surface area contributed by atoms with Crippen LogP contribution in [0.25, 0.3) is 0 Å². The predicted molar refractivity (Wildman–Crippen MR) is 63.5 cm³/mol. The minimum absolute atomic E-state index is 0.215. The molecule has 0 saturated heterocycles. The van der Waals surface area contributed by atoms with E-state index < -0.39 is 9.84 Å². The molecule has 0 spiro atoms. The van der Waals surface area contributed by atoms with E-state index in [0.717, 1.165) is 0 Å². The molecule has 0 saturated carbocycles. The van der Waals surface area contributed by atoms with E-state index in [1.807, 2.05) is 0 Å². The zero-order valence-electron chi connectivity index (χ0n) is 8.25. The van der Waals surface area contributed by atoms with E-state index in [1.165, 1.54) is 12.3 Å². The molecule has 0 unspecified atom stereocenters. The summed E-state index contributed by atoms with van der Waals surface area (Å²) in [5, 5.41) is 0. The average molecular weight is 251 g/mol. The Labute approximate surface area is 98.7 Å². The Morgan fingerprint density at radius 3 is 2.19 bits per heavy atom. The predicted octanol–water partition coefficient (Wildman–Crippen LogP) is 2.58. The Bertz CT molecular complexity index is 625.